The highest BCUT2D eigenvalue weighted by Gasteiger charge is 2.21. The van der Waals surface area contributed by atoms with Gasteiger partial charge in [-0.1, -0.05) is 97.1 Å². The van der Waals surface area contributed by atoms with E-state index >= 15 is 0 Å². The Morgan fingerprint density at radius 2 is 1.15 bits per heavy atom. The predicted molar refractivity (Wildman–Crippen MR) is 196 cm³/mol. The summed E-state index contributed by atoms with van der Waals surface area (Å²) >= 11 is 0. The molecule has 0 atom stereocenters. The highest BCUT2D eigenvalue weighted by Crippen LogP contribution is 2.43. The fraction of sp³-hybridized carbons (Fsp3) is 0. The Balaban J connectivity index is 1.29. The molecule has 0 aliphatic heterocycles. The number of nitrogens with zero attached hydrogens (tertiary/aromatic N) is 3. The zero-order valence-electron chi connectivity index (χ0n) is 25.1. The molecule has 4 heterocycles. The van der Waals surface area contributed by atoms with Gasteiger partial charge >= 0.3 is 0 Å². The van der Waals surface area contributed by atoms with Crippen LogP contribution in [0.5, 0.6) is 0 Å². The second-order valence-corrected chi connectivity index (χ2v) is 12.4. The van der Waals surface area contributed by atoms with Crippen molar-refractivity contribution in [1.29, 1.82) is 0 Å². The molecule has 0 amide bonds. The van der Waals surface area contributed by atoms with Gasteiger partial charge in [-0.05, 0) is 47.9 Å². The van der Waals surface area contributed by atoms with E-state index in [9.17, 15) is 0 Å². The summed E-state index contributed by atoms with van der Waals surface area (Å²) in [5.74, 6) is 0.666. The first-order valence-electron chi connectivity index (χ1n) is 15.9. The van der Waals surface area contributed by atoms with E-state index in [1.54, 1.807) is 0 Å². The molecular weight excluding hydrogens is 574 g/mol. The van der Waals surface area contributed by atoms with E-state index in [4.69, 9.17) is 9.97 Å². The molecule has 218 valence electrons. The van der Waals surface area contributed by atoms with Gasteiger partial charge in [0.05, 0.1) is 22.2 Å². The molecule has 7 aromatic carbocycles. The number of para-hydroxylation sites is 3. The molecule has 4 aromatic heterocycles. The number of fused-ring (bicyclic) bond motifs is 13. The highest BCUT2D eigenvalue weighted by atomic mass is 15.2. The molecule has 0 unspecified atom stereocenters. The Labute approximate surface area is 267 Å². The van der Waals surface area contributed by atoms with Crippen molar-refractivity contribution in [2.24, 2.45) is 0 Å². The van der Waals surface area contributed by atoms with Gasteiger partial charge in [-0.3, -0.25) is 4.57 Å². The average Bonchev–Trinajstić information content (AvgIpc) is 3.79. The van der Waals surface area contributed by atoms with Gasteiger partial charge in [-0.25, -0.2) is 9.97 Å². The van der Waals surface area contributed by atoms with Crippen molar-refractivity contribution in [3.63, 3.8) is 0 Å². The molecule has 0 radical (unpaired) electrons. The molecule has 2 N–H and O–H groups in total. The molecule has 0 saturated heterocycles. The van der Waals surface area contributed by atoms with Crippen molar-refractivity contribution in [1.82, 2.24) is 24.5 Å². The number of rotatable bonds is 2. The van der Waals surface area contributed by atoms with E-state index in [0.717, 1.165) is 55.3 Å². The first-order chi connectivity index (χ1) is 23.3. The summed E-state index contributed by atoms with van der Waals surface area (Å²) in [4.78, 5) is 17.9. The van der Waals surface area contributed by atoms with Gasteiger partial charge in [0.2, 0.25) is 5.95 Å². The average molecular weight is 600 g/mol. The van der Waals surface area contributed by atoms with Crippen LogP contribution in [0.3, 0.4) is 0 Å². The molecule has 0 fully saturated rings. The Morgan fingerprint density at radius 3 is 2.06 bits per heavy atom. The van der Waals surface area contributed by atoms with Crippen LogP contribution in [0.4, 0.5) is 0 Å². The van der Waals surface area contributed by atoms with Crippen molar-refractivity contribution < 1.29 is 0 Å². The zero-order valence-corrected chi connectivity index (χ0v) is 25.1. The van der Waals surface area contributed by atoms with Crippen molar-refractivity contribution >= 4 is 87.1 Å². The Bertz CT molecular complexity index is 3070. The summed E-state index contributed by atoms with van der Waals surface area (Å²) in [6.45, 7) is 0. The smallest absolute Gasteiger partial charge is 0.235 e. The molecule has 0 aliphatic rings. The number of H-pyrrole nitrogens is 2. The number of hydrogen-bond acceptors (Lipinski definition) is 2. The third kappa shape index (κ3) is 3.37. The second kappa shape index (κ2) is 9.05. The van der Waals surface area contributed by atoms with Gasteiger partial charge in [-0.2, -0.15) is 0 Å². The van der Waals surface area contributed by atoms with Crippen molar-refractivity contribution in [3.8, 4) is 17.2 Å². The largest absolute Gasteiger partial charge is 0.354 e. The minimum absolute atomic E-state index is 0.666. The maximum atomic E-state index is 5.30. The van der Waals surface area contributed by atoms with E-state index < -0.39 is 0 Å². The van der Waals surface area contributed by atoms with Gasteiger partial charge in [0.15, 0.2) is 0 Å². The summed E-state index contributed by atoms with van der Waals surface area (Å²) in [5, 5.41) is 10.8. The molecule has 5 heteroatoms. The van der Waals surface area contributed by atoms with E-state index in [0.29, 0.717) is 5.95 Å². The van der Waals surface area contributed by atoms with Crippen molar-refractivity contribution in [2.75, 3.05) is 0 Å². The number of aromatic nitrogens is 5. The predicted octanol–water partition coefficient (Wildman–Crippen LogP) is 10.8. The molecule has 0 bridgehead atoms. The van der Waals surface area contributed by atoms with Crippen LogP contribution in [0.15, 0.2) is 140 Å². The van der Waals surface area contributed by atoms with E-state index in [1.807, 2.05) is 12.1 Å². The van der Waals surface area contributed by atoms with Gasteiger partial charge in [0, 0.05) is 70.7 Å². The van der Waals surface area contributed by atoms with Gasteiger partial charge < -0.3 is 9.97 Å². The quantitative estimate of drug-likeness (QED) is 0.208. The lowest BCUT2D eigenvalue weighted by atomic mass is 9.98. The maximum absolute atomic E-state index is 5.30. The molecule has 11 rings (SSSR count). The van der Waals surface area contributed by atoms with Crippen LogP contribution in [-0.2, 0) is 0 Å². The Hall–Kier alpha value is -6.46. The van der Waals surface area contributed by atoms with Crippen LogP contribution < -0.4 is 0 Å². The highest BCUT2D eigenvalue weighted by molar-refractivity contribution is 6.33. The van der Waals surface area contributed by atoms with Crippen LogP contribution in [0, 0.1) is 0 Å². The first-order valence-corrected chi connectivity index (χ1v) is 15.9. The maximum Gasteiger partial charge on any atom is 0.235 e. The van der Waals surface area contributed by atoms with Crippen LogP contribution in [0.1, 0.15) is 0 Å². The third-order valence-electron chi connectivity index (χ3n) is 9.84. The van der Waals surface area contributed by atoms with E-state index in [2.05, 4.69) is 142 Å². The summed E-state index contributed by atoms with van der Waals surface area (Å²) in [6.07, 6.45) is 0. The molecule has 5 nitrogen and oxygen atoms in total. The summed E-state index contributed by atoms with van der Waals surface area (Å²) in [6, 6.07) is 49.5. The summed E-state index contributed by atoms with van der Waals surface area (Å²) in [5.41, 5.74) is 9.63. The van der Waals surface area contributed by atoms with E-state index in [-0.39, 0.29) is 0 Å². The second-order valence-electron chi connectivity index (χ2n) is 12.4. The summed E-state index contributed by atoms with van der Waals surface area (Å²) in [7, 11) is 0. The normalized spacial score (nSPS) is 12.3. The lowest BCUT2D eigenvalue weighted by Crippen LogP contribution is -2.03. The standard InChI is InChI=1S/C42H25N5/c1-2-10-25(11-3-1)41-27-13-5-8-16-32(27)45-42(46-41)47-36-17-9-6-14-28(36)40-37(47)21-19-24-18-20-33-39(38(24)40)30-22-29-26-12-4-7-15-31(26)43-34(29)23-35(30)44-33/h1-23,43-44H. The monoisotopic (exact) mass is 599 g/mol. The Morgan fingerprint density at radius 1 is 0.426 bits per heavy atom. The molecule has 0 aliphatic carbocycles. The van der Waals surface area contributed by atoms with Crippen LogP contribution in [0.25, 0.3) is 104 Å². The lowest BCUT2D eigenvalue weighted by molar-refractivity contribution is 1.01. The summed E-state index contributed by atoms with van der Waals surface area (Å²) < 4.78 is 2.24. The van der Waals surface area contributed by atoms with Crippen molar-refractivity contribution in [2.45, 2.75) is 0 Å². The fourth-order valence-electron chi connectivity index (χ4n) is 7.81. The van der Waals surface area contributed by atoms with E-state index in [1.165, 1.54) is 43.1 Å². The molecule has 0 saturated carbocycles. The third-order valence-corrected chi connectivity index (χ3v) is 9.84. The molecular formula is C42H25N5. The number of aromatic amines is 2. The zero-order chi connectivity index (χ0) is 30.6. The molecule has 0 spiro atoms. The van der Waals surface area contributed by atoms with Crippen LogP contribution in [0.2, 0.25) is 0 Å². The van der Waals surface area contributed by atoms with Gasteiger partial charge in [0.1, 0.15) is 0 Å². The van der Waals surface area contributed by atoms with Crippen LogP contribution >= 0.6 is 0 Å². The SMILES string of the molecule is c1ccc(-c2nc(-n3c4ccccc4c4c5c(ccc6[nH]c7cc8[nH]c9ccccc9c8cc7c65)ccc43)nc3ccccc23)cc1. The minimum atomic E-state index is 0.666. The number of hydrogen-bond donors (Lipinski definition) is 2. The minimum Gasteiger partial charge on any atom is -0.354 e. The number of benzene rings is 7. The first kappa shape index (κ1) is 24.8. The molecule has 47 heavy (non-hydrogen) atoms. The van der Waals surface area contributed by atoms with Gasteiger partial charge in [-0.15, -0.1) is 0 Å². The molecule has 11 aromatic rings. The van der Waals surface area contributed by atoms with Crippen LogP contribution in [-0.4, -0.2) is 24.5 Å². The number of nitrogens with one attached hydrogen (secondary N) is 2. The fourth-order valence-corrected chi connectivity index (χ4v) is 7.81. The van der Waals surface area contributed by atoms with Gasteiger partial charge in [0.25, 0.3) is 0 Å². The lowest BCUT2D eigenvalue weighted by Gasteiger charge is -2.12. The topological polar surface area (TPSA) is 62.3 Å². The van der Waals surface area contributed by atoms with Crippen molar-refractivity contribution in [3.05, 3.63) is 140 Å². The Kier molecular flexibility index (Phi) is 4.78.